The molecule has 1 aliphatic heterocycles. The van der Waals surface area contributed by atoms with Crippen molar-refractivity contribution in [3.63, 3.8) is 0 Å². The Morgan fingerprint density at radius 1 is 1.07 bits per heavy atom. The Kier molecular flexibility index (Phi) is 9.62. The van der Waals surface area contributed by atoms with Crippen LogP contribution in [0.4, 0.5) is 5.69 Å². The third-order valence-electron chi connectivity index (χ3n) is 5.63. The summed E-state index contributed by atoms with van der Waals surface area (Å²) in [5.74, 6) is -1.05. The van der Waals surface area contributed by atoms with Gasteiger partial charge in [-0.05, 0) is 72.3 Å². The van der Waals surface area contributed by atoms with Crippen molar-refractivity contribution in [3.05, 3.63) is 92.8 Å². The van der Waals surface area contributed by atoms with E-state index in [4.69, 9.17) is 19.2 Å². The number of ether oxygens (including phenoxy) is 3. The normalized spacial score (nSPS) is 15.0. The van der Waals surface area contributed by atoms with Gasteiger partial charge in [-0.1, -0.05) is 46.3 Å². The van der Waals surface area contributed by atoms with Gasteiger partial charge in [0.15, 0.2) is 23.3 Å². The fourth-order valence-electron chi connectivity index (χ4n) is 3.69. The van der Waals surface area contributed by atoms with E-state index in [1.54, 1.807) is 42.2 Å². The maximum Gasteiger partial charge on any atom is 0.344 e. The number of amidine groups is 1. The minimum absolute atomic E-state index is 0.165. The molecule has 40 heavy (non-hydrogen) atoms. The molecule has 0 radical (unpaired) electrons. The number of esters is 1. The van der Waals surface area contributed by atoms with E-state index in [-0.39, 0.29) is 31.2 Å². The lowest BCUT2D eigenvalue weighted by atomic mass is 10.1. The molecule has 1 N–H and O–H groups in total. The molecule has 0 atom stereocenters. The van der Waals surface area contributed by atoms with Gasteiger partial charge in [-0.25, -0.2) is 14.6 Å². The van der Waals surface area contributed by atoms with Gasteiger partial charge in [0, 0.05) is 4.47 Å². The first-order valence-corrected chi connectivity index (χ1v) is 13.7. The fraction of sp³-hybridized carbons (Fsp3) is 0.172. The number of halogens is 1. The van der Waals surface area contributed by atoms with Gasteiger partial charge in [-0.15, -0.1) is 0 Å². The van der Waals surface area contributed by atoms with Crippen molar-refractivity contribution in [2.75, 3.05) is 20.3 Å². The number of rotatable bonds is 10. The second kappa shape index (κ2) is 13.3. The van der Waals surface area contributed by atoms with Crippen LogP contribution in [0.5, 0.6) is 11.5 Å². The van der Waals surface area contributed by atoms with Gasteiger partial charge in [0.05, 0.1) is 36.4 Å². The van der Waals surface area contributed by atoms with E-state index in [0.29, 0.717) is 37.3 Å². The molecule has 11 heteroatoms. The van der Waals surface area contributed by atoms with Gasteiger partial charge in [-0.2, -0.15) is 0 Å². The summed E-state index contributed by atoms with van der Waals surface area (Å²) in [6, 6.07) is 19.0. The number of carboxylic acid groups (broad SMARTS) is 1. The lowest BCUT2D eigenvalue weighted by molar-refractivity contribution is -0.145. The number of benzene rings is 3. The van der Waals surface area contributed by atoms with E-state index >= 15 is 0 Å². The number of para-hydroxylation sites is 1. The van der Waals surface area contributed by atoms with Crippen LogP contribution in [0.25, 0.3) is 6.08 Å². The average Bonchev–Trinajstić information content (AvgIpc) is 3.22. The average molecular weight is 625 g/mol. The molecular formula is C29H25BrN2O7S. The summed E-state index contributed by atoms with van der Waals surface area (Å²) in [5, 5.41) is 9.69. The molecule has 1 amide bonds. The predicted octanol–water partition coefficient (Wildman–Crippen LogP) is 5.90. The van der Waals surface area contributed by atoms with Crippen LogP contribution in [0.1, 0.15) is 28.4 Å². The van der Waals surface area contributed by atoms with Gasteiger partial charge in [0.1, 0.15) is 0 Å². The fourth-order valence-corrected chi connectivity index (χ4v) is 5.12. The molecule has 0 bridgehead atoms. The van der Waals surface area contributed by atoms with Crippen LogP contribution in [-0.4, -0.2) is 53.3 Å². The lowest BCUT2D eigenvalue weighted by Gasteiger charge is -2.16. The van der Waals surface area contributed by atoms with Crippen molar-refractivity contribution in [1.29, 1.82) is 0 Å². The van der Waals surface area contributed by atoms with Crippen LogP contribution in [0, 0.1) is 0 Å². The first-order chi connectivity index (χ1) is 19.3. The highest BCUT2D eigenvalue weighted by Gasteiger charge is 2.34. The summed E-state index contributed by atoms with van der Waals surface area (Å²) in [4.78, 5) is 43.2. The van der Waals surface area contributed by atoms with Gasteiger partial charge >= 0.3 is 11.9 Å². The highest BCUT2D eigenvalue weighted by Crippen LogP contribution is 2.39. The Hall–Kier alpha value is -4.09. The summed E-state index contributed by atoms with van der Waals surface area (Å²) in [5.41, 5.74) is 2.27. The molecule has 0 aromatic heterocycles. The molecule has 3 aromatic carbocycles. The molecular weight excluding hydrogens is 600 g/mol. The zero-order valence-electron chi connectivity index (χ0n) is 21.6. The number of aliphatic imine (C=N–C) groups is 1. The van der Waals surface area contributed by atoms with Crippen LogP contribution in [-0.2, 0) is 20.9 Å². The predicted molar refractivity (Wildman–Crippen MR) is 156 cm³/mol. The number of amides is 1. The van der Waals surface area contributed by atoms with Crippen LogP contribution in [0.2, 0.25) is 0 Å². The first-order valence-electron chi connectivity index (χ1n) is 12.1. The SMILES string of the molecule is CCOC(=O)COc1cc(Br)c(/C=C2/SC(=Nc3ccccc3)N(Cc3ccc(C(=O)O)cc3)C2=O)cc1OC. The van der Waals surface area contributed by atoms with Crippen LogP contribution >= 0.6 is 27.7 Å². The van der Waals surface area contributed by atoms with Crippen molar-refractivity contribution in [2.24, 2.45) is 4.99 Å². The van der Waals surface area contributed by atoms with Gasteiger partial charge < -0.3 is 19.3 Å². The van der Waals surface area contributed by atoms with E-state index in [9.17, 15) is 19.5 Å². The number of nitrogens with zero attached hydrogens (tertiary/aromatic N) is 2. The number of carbonyl (C=O) groups is 3. The minimum atomic E-state index is -1.02. The zero-order chi connectivity index (χ0) is 28.6. The molecule has 4 rings (SSSR count). The second-order valence-corrected chi connectivity index (χ2v) is 10.2. The zero-order valence-corrected chi connectivity index (χ0v) is 24.0. The number of aromatic carboxylic acids is 1. The van der Waals surface area contributed by atoms with E-state index in [1.807, 2.05) is 30.3 Å². The first kappa shape index (κ1) is 28.9. The highest BCUT2D eigenvalue weighted by atomic mass is 79.9. The molecule has 206 valence electrons. The Bertz CT molecular complexity index is 1470. The minimum Gasteiger partial charge on any atom is -0.493 e. The molecule has 3 aromatic rings. The summed E-state index contributed by atoms with van der Waals surface area (Å²) in [7, 11) is 1.48. The highest BCUT2D eigenvalue weighted by molar-refractivity contribution is 9.10. The number of hydrogen-bond donors (Lipinski definition) is 1. The van der Waals surface area contributed by atoms with Crippen molar-refractivity contribution < 1.29 is 33.7 Å². The Balaban J connectivity index is 1.65. The summed E-state index contributed by atoms with van der Waals surface area (Å²) in [6.45, 7) is 1.90. The second-order valence-electron chi connectivity index (χ2n) is 8.35. The molecule has 9 nitrogen and oxygen atoms in total. The van der Waals surface area contributed by atoms with Gasteiger partial charge in [-0.3, -0.25) is 9.69 Å². The molecule has 0 aliphatic carbocycles. The Labute approximate surface area is 243 Å². The van der Waals surface area contributed by atoms with E-state index in [2.05, 4.69) is 15.9 Å². The molecule has 0 spiro atoms. The molecule has 0 saturated carbocycles. The molecule has 0 unspecified atom stereocenters. The largest absolute Gasteiger partial charge is 0.493 e. The molecule has 1 saturated heterocycles. The summed E-state index contributed by atoms with van der Waals surface area (Å²) in [6.07, 6.45) is 1.72. The van der Waals surface area contributed by atoms with Crippen molar-refractivity contribution in [2.45, 2.75) is 13.5 Å². The topological polar surface area (TPSA) is 115 Å². The quantitative estimate of drug-likeness (QED) is 0.219. The standard InChI is InChI=1S/C29H25BrN2O7S/c1-3-38-26(33)17-39-24-15-22(30)20(13-23(24)37-2)14-25-27(34)32(16-18-9-11-19(12-10-18)28(35)36)29(40-25)31-21-7-5-4-6-8-21/h4-15H,3,16-17H2,1-2H3,(H,35,36)/b25-14+,31-29?. The van der Waals surface area contributed by atoms with Crippen molar-refractivity contribution in [3.8, 4) is 11.5 Å². The number of thioether (sulfide) groups is 1. The van der Waals surface area contributed by atoms with Crippen molar-refractivity contribution >= 4 is 62.5 Å². The van der Waals surface area contributed by atoms with E-state index in [1.165, 1.54) is 31.0 Å². The van der Waals surface area contributed by atoms with Crippen LogP contribution in [0.15, 0.2) is 81.1 Å². The Morgan fingerprint density at radius 2 is 1.80 bits per heavy atom. The van der Waals surface area contributed by atoms with Gasteiger partial charge in [0.25, 0.3) is 5.91 Å². The summed E-state index contributed by atoms with van der Waals surface area (Å²) >= 11 is 4.75. The van der Waals surface area contributed by atoms with Crippen molar-refractivity contribution in [1.82, 2.24) is 4.90 Å². The monoisotopic (exact) mass is 624 g/mol. The summed E-state index contributed by atoms with van der Waals surface area (Å²) < 4.78 is 16.6. The van der Waals surface area contributed by atoms with E-state index < -0.39 is 11.9 Å². The lowest BCUT2D eigenvalue weighted by Crippen LogP contribution is -2.28. The number of carboxylic acids is 1. The number of methoxy groups -OCH3 is 1. The Morgan fingerprint density at radius 3 is 2.45 bits per heavy atom. The third-order valence-corrected chi connectivity index (χ3v) is 7.32. The van der Waals surface area contributed by atoms with Crippen LogP contribution in [0.3, 0.4) is 0 Å². The van der Waals surface area contributed by atoms with E-state index in [0.717, 1.165) is 5.56 Å². The molecule has 1 aliphatic rings. The molecule has 1 fully saturated rings. The maximum atomic E-state index is 13.6. The third kappa shape index (κ3) is 7.10. The van der Waals surface area contributed by atoms with Gasteiger partial charge in [0.2, 0.25) is 0 Å². The maximum absolute atomic E-state index is 13.6. The smallest absolute Gasteiger partial charge is 0.344 e. The molecule has 1 heterocycles. The van der Waals surface area contributed by atoms with Crippen LogP contribution < -0.4 is 9.47 Å². The number of carbonyl (C=O) groups excluding carboxylic acids is 2. The number of hydrogen-bond acceptors (Lipinski definition) is 8.